The fourth-order valence-corrected chi connectivity index (χ4v) is 1.80. The quantitative estimate of drug-likeness (QED) is 0.569. The second kappa shape index (κ2) is 8.83. The maximum atomic E-state index is 9.34. The van der Waals surface area contributed by atoms with Crippen LogP contribution in [0, 0.1) is 5.41 Å². The summed E-state index contributed by atoms with van der Waals surface area (Å²) in [4.78, 5) is 0. The molecule has 5 nitrogen and oxygen atoms in total. The third-order valence-electron chi connectivity index (χ3n) is 3.10. The van der Waals surface area contributed by atoms with Gasteiger partial charge in [0.2, 0.25) is 0 Å². The van der Waals surface area contributed by atoms with Crippen molar-refractivity contribution in [2.75, 3.05) is 60.0 Å². The van der Waals surface area contributed by atoms with Crippen LogP contribution in [0.1, 0.15) is 12.8 Å². The van der Waals surface area contributed by atoms with Crippen molar-refractivity contribution in [1.29, 1.82) is 0 Å². The van der Waals surface area contributed by atoms with Gasteiger partial charge in [0.05, 0.1) is 39.6 Å². The summed E-state index contributed by atoms with van der Waals surface area (Å²) in [7, 11) is 1.65. The first-order valence-electron chi connectivity index (χ1n) is 6.16. The summed E-state index contributed by atoms with van der Waals surface area (Å²) in [6.45, 7) is 4.63. The summed E-state index contributed by atoms with van der Waals surface area (Å²) in [6, 6.07) is 0. The first-order chi connectivity index (χ1) is 8.33. The van der Waals surface area contributed by atoms with Gasteiger partial charge in [-0.2, -0.15) is 0 Å². The largest absolute Gasteiger partial charge is 0.396 e. The van der Waals surface area contributed by atoms with Crippen LogP contribution in [0.5, 0.6) is 0 Å². The van der Waals surface area contributed by atoms with Gasteiger partial charge in [-0.3, -0.25) is 0 Å². The number of aliphatic hydroxyl groups is 1. The zero-order valence-corrected chi connectivity index (χ0v) is 10.7. The van der Waals surface area contributed by atoms with E-state index in [1.165, 1.54) is 0 Å². The second-order valence-corrected chi connectivity index (χ2v) is 4.43. The van der Waals surface area contributed by atoms with E-state index in [0.29, 0.717) is 39.6 Å². The smallest absolute Gasteiger partial charge is 0.0701 e. The maximum absolute atomic E-state index is 9.34. The summed E-state index contributed by atoms with van der Waals surface area (Å²) < 4.78 is 20.9. The van der Waals surface area contributed by atoms with Crippen LogP contribution >= 0.6 is 0 Å². The van der Waals surface area contributed by atoms with Crippen LogP contribution in [0.3, 0.4) is 0 Å². The minimum absolute atomic E-state index is 0.0725. The SMILES string of the molecule is COCCOCCOCCC1(CO)CCOC1. The molecule has 1 fully saturated rings. The van der Waals surface area contributed by atoms with E-state index in [9.17, 15) is 5.11 Å². The molecule has 0 aromatic carbocycles. The van der Waals surface area contributed by atoms with Crippen molar-refractivity contribution in [2.24, 2.45) is 5.41 Å². The number of rotatable bonds is 10. The van der Waals surface area contributed by atoms with Crippen molar-refractivity contribution in [2.45, 2.75) is 12.8 Å². The molecule has 17 heavy (non-hydrogen) atoms. The molecular formula is C12H24O5. The molecule has 1 heterocycles. The Kier molecular flexibility index (Phi) is 7.72. The van der Waals surface area contributed by atoms with Crippen molar-refractivity contribution in [3.63, 3.8) is 0 Å². The van der Waals surface area contributed by atoms with Gasteiger partial charge < -0.3 is 24.1 Å². The molecular weight excluding hydrogens is 224 g/mol. The van der Waals surface area contributed by atoms with Crippen LogP contribution in [0.15, 0.2) is 0 Å². The van der Waals surface area contributed by atoms with E-state index in [4.69, 9.17) is 18.9 Å². The Bertz CT molecular complexity index is 180. The van der Waals surface area contributed by atoms with Gasteiger partial charge in [-0.15, -0.1) is 0 Å². The molecule has 0 spiro atoms. The van der Waals surface area contributed by atoms with Crippen LogP contribution in [0.2, 0.25) is 0 Å². The predicted octanol–water partition coefficient (Wildman–Crippen LogP) is 0.455. The fourth-order valence-electron chi connectivity index (χ4n) is 1.80. The number of hydrogen-bond acceptors (Lipinski definition) is 5. The normalized spacial score (nSPS) is 24.4. The van der Waals surface area contributed by atoms with Crippen LogP contribution in [-0.4, -0.2) is 65.1 Å². The zero-order valence-electron chi connectivity index (χ0n) is 10.7. The lowest BCUT2D eigenvalue weighted by Gasteiger charge is -2.24. The Morgan fingerprint density at radius 3 is 2.41 bits per heavy atom. The molecule has 1 unspecified atom stereocenters. The van der Waals surface area contributed by atoms with Gasteiger partial charge in [-0.05, 0) is 12.8 Å². The fraction of sp³-hybridized carbons (Fsp3) is 1.00. The standard InChI is InChI=1S/C12H24O5/c1-14-6-7-16-9-8-15-4-2-12(10-13)3-5-17-11-12/h13H,2-11H2,1H3. The molecule has 0 aromatic rings. The third-order valence-corrected chi connectivity index (χ3v) is 3.10. The van der Waals surface area contributed by atoms with Crippen molar-refractivity contribution in [3.8, 4) is 0 Å². The van der Waals surface area contributed by atoms with E-state index in [-0.39, 0.29) is 12.0 Å². The van der Waals surface area contributed by atoms with Gasteiger partial charge in [0.1, 0.15) is 0 Å². The highest BCUT2D eigenvalue weighted by atomic mass is 16.5. The van der Waals surface area contributed by atoms with Crippen LogP contribution in [0.4, 0.5) is 0 Å². The molecule has 0 aromatic heterocycles. The van der Waals surface area contributed by atoms with Crippen molar-refractivity contribution >= 4 is 0 Å². The lowest BCUT2D eigenvalue weighted by atomic mass is 9.85. The Balaban J connectivity index is 1.92. The number of methoxy groups -OCH3 is 1. The van der Waals surface area contributed by atoms with E-state index in [1.54, 1.807) is 7.11 Å². The third kappa shape index (κ3) is 5.79. The van der Waals surface area contributed by atoms with Crippen molar-refractivity contribution in [1.82, 2.24) is 0 Å². The number of hydrogen-bond donors (Lipinski definition) is 1. The first-order valence-corrected chi connectivity index (χ1v) is 6.16. The number of ether oxygens (including phenoxy) is 4. The average molecular weight is 248 g/mol. The Morgan fingerprint density at radius 2 is 1.82 bits per heavy atom. The summed E-state index contributed by atoms with van der Waals surface area (Å²) in [5.74, 6) is 0. The van der Waals surface area contributed by atoms with E-state index in [2.05, 4.69) is 0 Å². The molecule has 1 N–H and O–H groups in total. The van der Waals surface area contributed by atoms with E-state index in [0.717, 1.165) is 19.4 Å². The molecule has 0 amide bonds. The first kappa shape index (κ1) is 14.9. The summed E-state index contributed by atoms with van der Waals surface area (Å²) in [5.41, 5.74) is -0.0725. The van der Waals surface area contributed by atoms with E-state index in [1.807, 2.05) is 0 Å². The monoisotopic (exact) mass is 248 g/mol. The molecule has 1 saturated heterocycles. The molecule has 1 aliphatic heterocycles. The Labute approximate surface area is 103 Å². The highest BCUT2D eigenvalue weighted by Crippen LogP contribution is 2.31. The molecule has 1 atom stereocenters. The van der Waals surface area contributed by atoms with Gasteiger partial charge >= 0.3 is 0 Å². The minimum Gasteiger partial charge on any atom is -0.396 e. The molecule has 1 rings (SSSR count). The highest BCUT2D eigenvalue weighted by molar-refractivity contribution is 4.82. The van der Waals surface area contributed by atoms with Crippen LogP contribution in [0.25, 0.3) is 0 Å². The van der Waals surface area contributed by atoms with Gasteiger partial charge in [0, 0.05) is 25.7 Å². The molecule has 102 valence electrons. The molecule has 1 aliphatic rings. The summed E-state index contributed by atoms with van der Waals surface area (Å²) in [6.07, 6.45) is 1.78. The van der Waals surface area contributed by atoms with Crippen molar-refractivity contribution < 1.29 is 24.1 Å². The number of aliphatic hydroxyl groups excluding tert-OH is 1. The van der Waals surface area contributed by atoms with Crippen molar-refractivity contribution in [3.05, 3.63) is 0 Å². The second-order valence-electron chi connectivity index (χ2n) is 4.43. The predicted molar refractivity (Wildman–Crippen MR) is 63.1 cm³/mol. The lowest BCUT2D eigenvalue weighted by Crippen LogP contribution is -2.27. The lowest BCUT2D eigenvalue weighted by molar-refractivity contribution is 0.00729. The van der Waals surface area contributed by atoms with Gasteiger partial charge in [-0.1, -0.05) is 0 Å². The molecule has 5 heteroatoms. The molecule has 0 radical (unpaired) electrons. The van der Waals surface area contributed by atoms with Gasteiger partial charge in [0.15, 0.2) is 0 Å². The molecule has 0 aliphatic carbocycles. The van der Waals surface area contributed by atoms with E-state index >= 15 is 0 Å². The summed E-state index contributed by atoms with van der Waals surface area (Å²) >= 11 is 0. The summed E-state index contributed by atoms with van der Waals surface area (Å²) in [5, 5.41) is 9.34. The highest BCUT2D eigenvalue weighted by Gasteiger charge is 2.33. The van der Waals surface area contributed by atoms with E-state index < -0.39 is 0 Å². The molecule has 0 saturated carbocycles. The zero-order chi connectivity index (χ0) is 12.4. The Morgan fingerprint density at radius 1 is 1.12 bits per heavy atom. The molecule has 0 bridgehead atoms. The van der Waals surface area contributed by atoms with Crippen LogP contribution < -0.4 is 0 Å². The van der Waals surface area contributed by atoms with Crippen LogP contribution in [-0.2, 0) is 18.9 Å². The van der Waals surface area contributed by atoms with Gasteiger partial charge in [-0.25, -0.2) is 0 Å². The Hall–Kier alpha value is -0.200. The topological polar surface area (TPSA) is 57.2 Å². The maximum Gasteiger partial charge on any atom is 0.0701 e. The average Bonchev–Trinajstić information content (AvgIpc) is 2.82. The minimum atomic E-state index is -0.0725. The van der Waals surface area contributed by atoms with Gasteiger partial charge in [0.25, 0.3) is 0 Å².